The minimum Gasteiger partial charge on any atom is -0.324 e. The van der Waals surface area contributed by atoms with Crippen molar-refractivity contribution in [3.8, 4) is 0 Å². The van der Waals surface area contributed by atoms with Crippen LogP contribution in [-0.4, -0.2) is 28.7 Å². The number of halogens is 1. The van der Waals surface area contributed by atoms with Gasteiger partial charge >= 0.3 is 0 Å². The first-order valence-corrected chi connectivity index (χ1v) is 11.3. The Balaban J connectivity index is 1.58. The van der Waals surface area contributed by atoms with Crippen molar-refractivity contribution in [1.29, 1.82) is 0 Å². The van der Waals surface area contributed by atoms with E-state index in [4.69, 9.17) is 11.6 Å². The molecule has 1 amide bonds. The highest BCUT2D eigenvalue weighted by Crippen LogP contribution is 2.33. The average Bonchev–Trinajstić information content (AvgIpc) is 3.16. The molecule has 3 aromatic carbocycles. The van der Waals surface area contributed by atoms with Crippen LogP contribution in [0.3, 0.4) is 0 Å². The van der Waals surface area contributed by atoms with Crippen LogP contribution in [-0.2, 0) is 11.3 Å². The molecule has 0 unspecified atom stereocenters. The van der Waals surface area contributed by atoms with Crippen LogP contribution >= 0.6 is 11.6 Å². The van der Waals surface area contributed by atoms with E-state index in [1.54, 1.807) is 30.3 Å². The smallest absolute Gasteiger partial charge is 0.244 e. The molecule has 1 heterocycles. The van der Waals surface area contributed by atoms with Gasteiger partial charge in [-0.2, -0.15) is 0 Å². The average molecular weight is 447 g/mol. The van der Waals surface area contributed by atoms with Crippen molar-refractivity contribution in [2.45, 2.75) is 38.8 Å². The largest absolute Gasteiger partial charge is 0.324 e. The van der Waals surface area contributed by atoms with Gasteiger partial charge in [0.2, 0.25) is 5.91 Å². The zero-order valence-corrected chi connectivity index (χ0v) is 19.2. The fourth-order valence-corrected chi connectivity index (χ4v) is 4.55. The van der Waals surface area contributed by atoms with Gasteiger partial charge < -0.3 is 5.32 Å². The number of anilines is 1. The lowest BCUT2D eigenvalue weighted by atomic mass is 9.95. The number of benzene rings is 3. The number of hydrogen-bond donors (Lipinski definition) is 1. The molecule has 0 aromatic heterocycles. The molecule has 0 aliphatic carbocycles. The minimum absolute atomic E-state index is 0.105. The highest BCUT2D eigenvalue weighted by molar-refractivity contribution is 6.31. The van der Waals surface area contributed by atoms with Gasteiger partial charge in [-0.05, 0) is 57.0 Å². The molecule has 0 bridgehead atoms. The molecule has 0 spiro atoms. The van der Waals surface area contributed by atoms with Crippen LogP contribution < -0.4 is 5.32 Å². The molecule has 32 heavy (non-hydrogen) atoms. The molecule has 3 aromatic rings. The molecule has 1 fully saturated rings. The standard InChI is InChI=1S/C27H27ClN2O2/c1-19-8-6-9-20(16-19)18-30-15-7-14-27(30,2)26(32)29-24-13-12-22(28)17-23(24)25(31)21-10-4-3-5-11-21/h3-6,8-13,16-17H,7,14-15,18H2,1-2H3,(H,29,32)/t27-/m1/s1. The van der Waals surface area contributed by atoms with E-state index in [0.717, 1.165) is 19.4 Å². The highest BCUT2D eigenvalue weighted by atomic mass is 35.5. The molecular formula is C27H27ClN2O2. The zero-order valence-electron chi connectivity index (χ0n) is 18.4. The van der Waals surface area contributed by atoms with Crippen LogP contribution in [0.25, 0.3) is 0 Å². The highest BCUT2D eigenvalue weighted by Gasteiger charge is 2.43. The van der Waals surface area contributed by atoms with E-state index in [0.29, 0.717) is 28.4 Å². The Morgan fingerprint density at radius 1 is 1.03 bits per heavy atom. The van der Waals surface area contributed by atoms with Crippen molar-refractivity contribution in [2.24, 2.45) is 0 Å². The molecule has 4 nitrogen and oxygen atoms in total. The Hall–Kier alpha value is -2.95. The Morgan fingerprint density at radius 3 is 2.56 bits per heavy atom. The summed E-state index contributed by atoms with van der Waals surface area (Å²) in [5, 5.41) is 3.49. The summed E-state index contributed by atoms with van der Waals surface area (Å²) >= 11 is 6.19. The Labute approximate surface area is 194 Å². The Kier molecular flexibility index (Phi) is 6.45. The SMILES string of the molecule is Cc1cccc(CN2CCC[C@]2(C)C(=O)Nc2ccc(Cl)cc2C(=O)c2ccccc2)c1. The summed E-state index contributed by atoms with van der Waals surface area (Å²) in [5.74, 6) is -0.274. The van der Waals surface area contributed by atoms with E-state index < -0.39 is 5.54 Å². The number of amides is 1. The summed E-state index contributed by atoms with van der Waals surface area (Å²) < 4.78 is 0. The van der Waals surface area contributed by atoms with Gasteiger partial charge in [-0.15, -0.1) is 0 Å². The summed E-state index contributed by atoms with van der Waals surface area (Å²) in [6, 6.07) is 22.4. The van der Waals surface area contributed by atoms with Crippen LogP contribution in [0.2, 0.25) is 5.02 Å². The number of ketones is 1. The maximum Gasteiger partial charge on any atom is 0.244 e. The Morgan fingerprint density at radius 2 is 1.81 bits per heavy atom. The quantitative estimate of drug-likeness (QED) is 0.481. The first-order chi connectivity index (χ1) is 15.4. The summed E-state index contributed by atoms with van der Waals surface area (Å²) in [7, 11) is 0. The van der Waals surface area contributed by atoms with Crippen molar-refractivity contribution in [3.05, 3.63) is 100 Å². The summed E-state index contributed by atoms with van der Waals surface area (Å²) in [6.45, 7) is 5.63. The monoisotopic (exact) mass is 446 g/mol. The topological polar surface area (TPSA) is 49.4 Å². The molecule has 1 N–H and O–H groups in total. The number of carbonyl (C=O) groups excluding carboxylic acids is 2. The summed E-state index contributed by atoms with van der Waals surface area (Å²) in [4.78, 5) is 28.9. The van der Waals surface area contributed by atoms with Crippen LogP contribution in [0.4, 0.5) is 5.69 Å². The van der Waals surface area contributed by atoms with Crippen molar-refractivity contribution in [1.82, 2.24) is 4.90 Å². The van der Waals surface area contributed by atoms with E-state index in [1.165, 1.54) is 11.1 Å². The number of aryl methyl sites for hydroxylation is 1. The van der Waals surface area contributed by atoms with Crippen LogP contribution in [0.15, 0.2) is 72.8 Å². The van der Waals surface area contributed by atoms with Crippen molar-refractivity contribution in [3.63, 3.8) is 0 Å². The van der Waals surface area contributed by atoms with Crippen LogP contribution in [0, 0.1) is 6.92 Å². The van der Waals surface area contributed by atoms with E-state index in [9.17, 15) is 9.59 Å². The number of nitrogens with one attached hydrogen (secondary N) is 1. The van der Waals surface area contributed by atoms with Crippen LogP contribution in [0.1, 0.15) is 46.8 Å². The normalized spacial score (nSPS) is 18.5. The van der Waals surface area contributed by atoms with Crippen molar-refractivity contribution < 1.29 is 9.59 Å². The van der Waals surface area contributed by atoms with E-state index >= 15 is 0 Å². The second kappa shape index (κ2) is 9.27. The second-order valence-corrected chi connectivity index (χ2v) is 9.06. The first-order valence-electron chi connectivity index (χ1n) is 10.9. The third-order valence-electron chi connectivity index (χ3n) is 6.25. The van der Waals surface area contributed by atoms with Gasteiger partial charge in [0.05, 0.1) is 11.2 Å². The van der Waals surface area contributed by atoms with Gasteiger partial charge in [0.1, 0.15) is 0 Å². The number of hydrogen-bond acceptors (Lipinski definition) is 3. The molecule has 1 aliphatic heterocycles. The molecule has 0 radical (unpaired) electrons. The minimum atomic E-state index is -0.656. The molecule has 4 rings (SSSR count). The van der Waals surface area contributed by atoms with E-state index in [1.807, 2.05) is 31.2 Å². The van der Waals surface area contributed by atoms with Gasteiger partial charge in [0.25, 0.3) is 0 Å². The van der Waals surface area contributed by atoms with Crippen molar-refractivity contribution in [2.75, 3.05) is 11.9 Å². The predicted octanol–water partition coefficient (Wildman–Crippen LogP) is 5.87. The molecule has 1 atom stereocenters. The third-order valence-corrected chi connectivity index (χ3v) is 6.48. The predicted molar refractivity (Wildman–Crippen MR) is 129 cm³/mol. The first kappa shape index (κ1) is 22.3. The molecule has 0 saturated carbocycles. The Bertz CT molecular complexity index is 1150. The maximum absolute atomic E-state index is 13.5. The third kappa shape index (κ3) is 4.62. The molecule has 5 heteroatoms. The summed E-state index contributed by atoms with van der Waals surface area (Å²) in [6.07, 6.45) is 1.71. The zero-order chi connectivity index (χ0) is 22.7. The number of likely N-dealkylation sites (tertiary alicyclic amines) is 1. The molecule has 1 aliphatic rings. The fraction of sp³-hybridized carbons (Fsp3) is 0.259. The summed E-state index contributed by atoms with van der Waals surface area (Å²) in [5.41, 5.74) is 3.17. The second-order valence-electron chi connectivity index (χ2n) is 8.63. The van der Waals surface area contributed by atoms with Gasteiger partial charge in [-0.3, -0.25) is 14.5 Å². The molecule has 1 saturated heterocycles. The maximum atomic E-state index is 13.5. The lowest BCUT2D eigenvalue weighted by Crippen LogP contribution is -2.50. The van der Waals surface area contributed by atoms with Crippen LogP contribution in [0.5, 0.6) is 0 Å². The lowest BCUT2D eigenvalue weighted by molar-refractivity contribution is -0.125. The number of nitrogens with zero attached hydrogens (tertiary/aromatic N) is 1. The lowest BCUT2D eigenvalue weighted by Gasteiger charge is -2.34. The number of rotatable bonds is 6. The van der Waals surface area contributed by atoms with E-state index in [2.05, 4.69) is 35.3 Å². The van der Waals surface area contributed by atoms with Crippen molar-refractivity contribution >= 4 is 29.0 Å². The fourth-order valence-electron chi connectivity index (χ4n) is 4.38. The van der Waals surface area contributed by atoms with Gasteiger partial charge in [-0.1, -0.05) is 71.8 Å². The van der Waals surface area contributed by atoms with Gasteiger partial charge in [-0.25, -0.2) is 0 Å². The van der Waals surface area contributed by atoms with E-state index in [-0.39, 0.29) is 11.7 Å². The number of carbonyl (C=O) groups is 2. The molecular weight excluding hydrogens is 420 g/mol. The van der Waals surface area contributed by atoms with Gasteiger partial charge in [0.15, 0.2) is 5.78 Å². The van der Waals surface area contributed by atoms with Gasteiger partial charge in [0, 0.05) is 22.7 Å². The molecule has 164 valence electrons.